The van der Waals surface area contributed by atoms with Crippen LogP contribution in [0.2, 0.25) is 0 Å². The molecule has 0 saturated carbocycles. The molecule has 1 heterocycles. The van der Waals surface area contributed by atoms with Crippen molar-refractivity contribution in [1.82, 2.24) is 10.6 Å². The maximum absolute atomic E-state index is 12.5. The van der Waals surface area contributed by atoms with E-state index in [1.165, 1.54) is 5.39 Å². The zero-order valence-corrected chi connectivity index (χ0v) is 13.3. The zero-order valence-electron chi connectivity index (χ0n) is 13.3. The molecule has 1 aliphatic rings. The maximum Gasteiger partial charge on any atom is 0.243 e. The van der Waals surface area contributed by atoms with E-state index in [4.69, 9.17) is 0 Å². The molecule has 1 saturated heterocycles. The highest BCUT2D eigenvalue weighted by atomic mass is 16.2. The predicted molar refractivity (Wildman–Crippen MR) is 90.9 cm³/mol. The van der Waals surface area contributed by atoms with Gasteiger partial charge in [-0.2, -0.15) is 0 Å². The van der Waals surface area contributed by atoms with Gasteiger partial charge in [0.2, 0.25) is 11.8 Å². The molecule has 0 radical (unpaired) electrons. The summed E-state index contributed by atoms with van der Waals surface area (Å²) in [6.07, 6.45) is 2.81. The van der Waals surface area contributed by atoms with E-state index in [9.17, 15) is 9.59 Å². The summed E-state index contributed by atoms with van der Waals surface area (Å²) in [5.74, 6) is -0.118. The molecule has 0 bridgehead atoms. The summed E-state index contributed by atoms with van der Waals surface area (Å²) >= 11 is 0. The lowest BCUT2D eigenvalue weighted by molar-refractivity contribution is -0.131. The topological polar surface area (TPSA) is 58.2 Å². The molecule has 2 aromatic rings. The van der Waals surface area contributed by atoms with Crippen molar-refractivity contribution in [2.75, 3.05) is 0 Å². The number of hydrogen-bond acceptors (Lipinski definition) is 2. The summed E-state index contributed by atoms with van der Waals surface area (Å²) in [4.78, 5) is 24.0. The number of nitrogens with one attached hydrogen (secondary N) is 2. The van der Waals surface area contributed by atoms with Gasteiger partial charge in [0, 0.05) is 6.42 Å². The molecule has 4 nitrogen and oxygen atoms in total. The van der Waals surface area contributed by atoms with Crippen molar-refractivity contribution in [1.29, 1.82) is 0 Å². The minimum absolute atomic E-state index is 0.0328. The van der Waals surface area contributed by atoms with E-state index in [0.717, 1.165) is 23.8 Å². The number of fused-ring (bicyclic) bond motifs is 1. The van der Waals surface area contributed by atoms with Gasteiger partial charge in [-0.1, -0.05) is 49.4 Å². The third-order valence-corrected chi connectivity index (χ3v) is 4.47. The molecule has 1 unspecified atom stereocenters. The molecule has 1 fully saturated rings. The molecule has 0 aromatic heterocycles. The Labute approximate surface area is 136 Å². The lowest BCUT2D eigenvalue weighted by Crippen LogP contribution is -2.49. The van der Waals surface area contributed by atoms with Gasteiger partial charge < -0.3 is 10.6 Å². The monoisotopic (exact) mass is 310 g/mol. The van der Waals surface area contributed by atoms with E-state index in [-0.39, 0.29) is 17.9 Å². The van der Waals surface area contributed by atoms with Crippen LogP contribution in [0, 0.1) is 0 Å². The molecular weight excluding hydrogens is 288 g/mol. The average Bonchev–Trinajstić information content (AvgIpc) is 2.59. The molecule has 2 amide bonds. The molecule has 1 aliphatic heterocycles. The molecule has 0 spiro atoms. The lowest BCUT2D eigenvalue weighted by Gasteiger charge is -2.26. The van der Waals surface area contributed by atoms with Gasteiger partial charge in [-0.15, -0.1) is 0 Å². The average molecular weight is 310 g/mol. The van der Waals surface area contributed by atoms with Gasteiger partial charge in [0.05, 0.1) is 6.04 Å². The number of benzene rings is 2. The van der Waals surface area contributed by atoms with Crippen molar-refractivity contribution in [2.45, 2.75) is 44.7 Å². The van der Waals surface area contributed by atoms with E-state index in [0.29, 0.717) is 12.8 Å². The molecule has 23 heavy (non-hydrogen) atoms. The standard InChI is InChI=1S/C19H22N2O2/c1-2-16(21-19(23)17-11-6-12-18(22)20-17)15-10-5-8-13-7-3-4-9-14(13)15/h3-5,7-10,16-17H,2,6,11-12H2,1H3,(H,20,22)(H,21,23)/t16?,17-/m1/s1. The fourth-order valence-electron chi connectivity index (χ4n) is 3.23. The number of rotatable bonds is 4. The molecule has 2 N–H and O–H groups in total. The largest absolute Gasteiger partial charge is 0.348 e. The van der Waals surface area contributed by atoms with Crippen molar-refractivity contribution >= 4 is 22.6 Å². The third-order valence-electron chi connectivity index (χ3n) is 4.47. The van der Waals surface area contributed by atoms with E-state index >= 15 is 0 Å². The second-order valence-corrected chi connectivity index (χ2v) is 6.05. The van der Waals surface area contributed by atoms with Gasteiger partial charge in [-0.05, 0) is 35.6 Å². The number of hydrogen-bond donors (Lipinski definition) is 2. The highest BCUT2D eigenvalue weighted by Crippen LogP contribution is 2.26. The van der Waals surface area contributed by atoms with Gasteiger partial charge in [0.25, 0.3) is 0 Å². The van der Waals surface area contributed by atoms with Gasteiger partial charge in [0.15, 0.2) is 0 Å². The molecule has 4 heteroatoms. The fraction of sp³-hybridized carbons (Fsp3) is 0.368. The van der Waals surface area contributed by atoms with E-state index in [1.54, 1.807) is 0 Å². The van der Waals surface area contributed by atoms with Gasteiger partial charge in [-0.3, -0.25) is 9.59 Å². The van der Waals surface area contributed by atoms with Crippen LogP contribution in [-0.2, 0) is 9.59 Å². The Bertz CT molecular complexity index is 721. The second-order valence-electron chi connectivity index (χ2n) is 6.05. The number of piperidine rings is 1. The Kier molecular flexibility index (Phi) is 4.60. The minimum Gasteiger partial charge on any atom is -0.348 e. The molecule has 3 rings (SSSR count). The third kappa shape index (κ3) is 3.36. The maximum atomic E-state index is 12.5. The Hall–Kier alpha value is -2.36. The molecular formula is C19H22N2O2. The summed E-state index contributed by atoms with van der Waals surface area (Å²) in [7, 11) is 0. The Morgan fingerprint density at radius 1 is 1.26 bits per heavy atom. The highest BCUT2D eigenvalue weighted by molar-refractivity contribution is 5.90. The Morgan fingerprint density at radius 2 is 2.04 bits per heavy atom. The molecule has 2 atom stereocenters. The van der Waals surface area contributed by atoms with Crippen molar-refractivity contribution in [3.63, 3.8) is 0 Å². The second kappa shape index (κ2) is 6.82. The van der Waals surface area contributed by atoms with Crippen LogP contribution < -0.4 is 10.6 Å². The number of carbonyl (C=O) groups is 2. The Balaban J connectivity index is 1.81. The first-order valence-corrected chi connectivity index (χ1v) is 8.26. The summed E-state index contributed by atoms with van der Waals surface area (Å²) in [6, 6.07) is 13.9. The molecule has 120 valence electrons. The lowest BCUT2D eigenvalue weighted by atomic mass is 9.96. The predicted octanol–water partition coefficient (Wildman–Crippen LogP) is 3.08. The highest BCUT2D eigenvalue weighted by Gasteiger charge is 2.26. The van der Waals surface area contributed by atoms with E-state index < -0.39 is 6.04 Å². The van der Waals surface area contributed by atoms with Crippen LogP contribution in [0.1, 0.15) is 44.2 Å². The van der Waals surface area contributed by atoms with Crippen LogP contribution in [-0.4, -0.2) is 17.9 Å². The summed E-state index contributed by atoms with van der Waals surface area (Å²) in [6.45, 7) is 2.06. The van der Waals surface area contributed by atoms with Crippen molar-refractivity contribution < 1.29 is 9.59 Å². The summed E-state index contributed by atoms with van der Waals surface area (Å²) in [5.41, 5.74) is 1.13. The number of amides is 2. The summed E-state index contributed by atoms with van der Waals surface area (Å²) < 4.78 is 0. The van der Waals surface area contributed by atoms with E-state index in [2.05, 4.69) is 41.8 Å². The van der Waals surface area contributed by atoms with E-state index in [1.807, 2.05) is 18.2 Å². The van der Waals surface area contributed by atoms with Crippen LogP contribution in [0.15, 0.2) is 42.5 Å². The first kappa shape index (κ1) is 15.5. The Morgan fingerprint density at radius 3 is 2.83 bits per heavy atom. The van der Waals surface area contributed by atoms with Crippen LogP contribution in [0.4, 0.5) is 0 Å². The zero-order chi connectivity index (χ0) is 16.2. The van der Waals surface area contributed by atoms with Crippen molar-refractivity contribution in [3.8, 4) is 0 Å². The first-order chi connectivity index (χ1) is 11.2. The smallest absolute Gasteiger partial charge is 0.243 e. The van der Waals surface area contributed by atoms with Crippen LogP contribution in [0.3, 0.4) is 0 Å². The quantitative estimate of drug-likeness (QED) is 0.912. The fourth-order valence-corrected chi connectivity index (χ4v) is 3.23. The van der Waals surface area contributed by atoms with Crippen LogP contribution in [0.5, 0.6) is 0 Å². The SMILES string of the molecule is CCC(NC(=O)[C@H]1CCCC(=O)N1)c1cccc2ccccc12. The van der Waals surface area contributed by atoms with Gasteiger partial charge >= 0.3 is 0 Å². The normalized spacial score (nSPS) is 19.2. The van der Waals surface area contributed by atoms with Crippen LogP contribution in [0.25, 0.3) is 10.8 Å². The van der Waals surface area contributed by atoms with Gasteiger partial charge in [-0.25, -0.2) is 0 Å². The molecule has 2 aromatic carbocycles. The van der Waals surface area contributed by atoms with Crippen LogP contribution >= 0.6 is 0 Å². The van der Waals surface area contributed by atoms with Crippen molar-refractivity contribution in [3.05, 3.63) is 48.0 Å². The molecule has 0 aliphatic carbocycles. The summed E-state index contributed by atoms with van der Waals surface area (Å²) in [5, 5.41) is 8.23. The number of carbonyl (C=O) groups excluding carboxylic acids is 2. The van der Waals surface area contributed by atoms with Crippen molar-refractivity contribution in [2.24, 2.45) is 0 Å². The first-order valence-electron chi connectivity index (χ1n) is 8.26. The van der Waals surface area contributed by atoms with Gasteiger partial charge in [0.1, 0.15) is 6.04 Å². The minimum atomic E-state index is -0.403.